The van der Waals surface area contributed by atoms with Gasteiger partial charge < -0.3 is 0 Å². The molecule has 0 aromatic heterocycles. The zero-order valence-electron chi connectivity index (χ0n) is 4.42. The fourth-order valence-electron chi connectivity index (χ4n) is 0.214. The molecule has 1 unspecified atom stereocenters. The van der Waals surface area contributed by atoms with Crippen LogP contribution in [0.15, 0.2) is 4.67 Å². The van der Waals surface area contributed by atoms with Crippen molar-refractivity contribution in [2.75, 3.05) is 6.61 Å². The van der Waals surface area contributed by atoms with Gasteiger partial charge in [0.25, 0.3) is 0 Å². The van der Waals surface area contributed by atoms with Gasteiger partial charge in [-0.2, -0.15) is 0 Å². The Hall–Kier alpha value is 0.0949. The van der Waals surface area contributed by atoms with Crippen molar-refractivity contribution in [3.8, 4) is 0 Å². The molecule has 40 valence electrons. The van der Waals surface area contributed by atoms with Gasteiger partial charge in [-0.25, -0.2) is 0 Å². The molecule has 1 atom stereocenters. The summed E-state index contributed by atoms with van der Waals surface area (Å²) in [6, 6.07) is 0. The van der Waals surface area contributed by atoms with Gasteiger partial charge in [-0.05, 0) is 0 Å². The predicted octanol–water partition coefficient (Wildman–Crippen LogP) is 1.01. The minimum atomic E-state index is 0.762. The summed E-state index contributed by atoms with van der Waals surface area (Å²) in [6.07, 6.45) is 1.04. The van der Waals surface area contributed by atoms with E-state index in [1.54, 1.807) is 0 Å². The average molecular weight is 117 g/mol. The van der Waals surface area contributed by atoms with Gasteiger partial charge in [0.2, 0.25) is 0 Å². The molecule has 0 heterocycles. The third-order valence-electron chi connectivity index (χ3n) is 0.457. The molecule has 2 nitrogen and oxygen atoms in total. The van der Waals surface area contributed by atoms with E-state index in [4.69, 9.17) is 4.65 Å². The Bertz CT molecular complexity index is 58.9. The summed E-state index contributed by atoms with van der Waals surface area (Å²) >= 11 is 0. The molecule has 0 rings (SSSR count). The van der Waals surface area contributed by atoms with E-state index in [2.05, 4.69) is 21.0 Å². The number of hydrogen-bond donors (Lipinski definition) is 0. The van der Waals surface area contributed by atoms with Crippen LogP contribution in [-0.2, 0) is 4.65 Å². The standard InChI is InChI=1S/C3H9BNOP/c1-2-3-6-4-5-7/h2-3,7H2,1H3. The molecule has 7 heavy (non-hydrogen) atoms. The molecule has 0 aromatic carbocycles. The molecule has 0 aliphatic carbocycles. The van der Waals surface area contributed by atoms with Crippen LogP contribution in [0, 0.1) is 0 Å². The van der Waals surface area contributed by atoms with Gasteiger partial charge in [-0.3, -0.25) is 0 Å². The predicted molar refractivity (Wildman–Crippen MR) is 34.1 cm³/mol. The summed E-state index contributed by atoms with van der Waals surface area (Å²) in [5.41, 5.74) is 0. The molecule has 0 N–H and O–H groups in total. The molecule has 0 amide bonds. The number of nitrogens with zero attached hydrogens (tertiary/aromatic N) is 1. The minimum absolute atomic E-state index is 0.762. The Morgan fingerprint density at radius 3 is 3.00 bits per heavy atom. The van der Waals surface area contributed by atoms with E-state index in [9.17, 15) is 0 Å². The van der Waals surface area contributed by atoms with Crippen LogP contribution in [0.1, 0.15) is 13.3 Å². The van der Waals surface area contributed by atoms with E-state index >= 15 is 0 Å². The van der Waals surface area contributed by atoms with Crippen LogP contribution in [0.25, 0.3) is 0 Å². The van der Waals surface area contributed by atoms with Crippen molar-refractivity contribution in [1.29, 1.82) is 0 Å². The Kier molecular flexibility index (Phi) is 6.18. The molecule has 0 aliphatic rings. The summed E-state index contributed by atoms with van der Waals surface area (Å²) < 4.78 is 8.36. The fourth-order valence-corrected chi connectivity index (χ4v) is 0.300. The van der Waals surface area contributed by atoms with Gasteiger partial charge in [-0.1, -0.05) is 0 Å². The summed E-state index contributed by atoms with van der Waals surface area (Å²) in [5.74, 6) is 0. The van der Waals surface area contributed by atoms with Crippen LogP contribution >= 0.6 is 9.39 Å². The van der Waals surface area contributed by atoms with Crippen LogP contribution in [0.4, 0.5) is 0 Å². The molecule has 0 saturated heterocycles. The van der Waals surface area contributed by atoms with E-state index in [0.29, 0.717) is 0 Å². The average Bonchev–Trinajstić information content (AvgIpc) is 1.69. The first-order valence-electron chi connectivity index (χ1n) is 2.25. The van der Waals surface area contributed by atoms with Gasteiger partial charge in [-0.15, -0.1) is 0 Å². The van der Waals surface area contributed by atoms with Crippen molar-refractivity contribution in [3.63, 3.8) is 0 Å². The monoisotopic (exact) mass is 117 g/mol. The first-order chi connectivity index (χ1) is 3.41. The summed E-state index contributed by atoms with van der Waals surface area (Å²) in [7, 11) is 3.62. The quantitative estimate of drug-likeness (QED) is 0.307. The molecule has 0 radical (unpaired) electrons. The summed E-state index contributed by atoms with van der Waals surface area (Å²) in [6.45, 7) is 2.81. The second kappa shape index (κ2) is 6.09. The maximum absolute atomic E-state index is 4.82. The van der Waals surface area contributed by atoms with E-state index in [1.165, 1.54) is 7.27 Å². The maximum atomic E-state index is 4.82. The summed E-state index contributed by atoms with van der Waals surface area (Å²) in [5, 5.41) is 0. The van der Waals surface area contributed by atoms with Crippen molar-refractivity contribution in [1.82, 2.24) is 0 Å². The van der Waals surface area contributed by atoms with Crippen molar-refractivity contribution in [2.24, 2.45) is 4.67 Å². The second-order valence-corrected chi connectivity index (χ2v) is 1.42. The normalized spacial score (nSPS) is 8.86. The number of rotatable bonds is 3. The first kappa shape index (κ1) is 7.09. The third kappa shape index (κ3) is 6.09. The topological polar surface area (TPSA) is 21.6 Å². The van der Waals surface area contributed by atoms with Crippen molar-refractivity contribution < 1.29 is 4.65 Å². The van der Waals surface area contributed by atoms with Crippen LogP contribution in [0.3, 0.4) is 0 Å². The van der Waals surface area contributed by atoms with E-state index in [-0.39, 0.29) is 0 Å². The van der Waals surface area contributed by atoms with Gasteiger partial charge in [0.15, 0.2) is 0 Å². The Balaban J connectivity index is 2.69. The molecule has 4 heteroatoms. The molecule has 0 aliphatic heterocycles. The van der Waals surface area contributed by atoms with Gasteiger partial charge in [0.05, 0.1) is 0 Å². The van der Waals surface area contributed by atoms with E-state index < -0.39 is 0 Å². The van der Waals surface area contributed by atoms with Crippen molar-refractivity contribution >= 4 is 16.7 Å². The van der Waals surface area contributed by atoms with Crippen molar-refractivity contribution in [2.45, 2.75) is 13.3 Å². The zero-order chi connectivity index (χ0) is 5.54. The SMILES string of the molecule is CCCOB=NP. The fraction of sp³-hybridized carbons (Fsp3) is 1.00. The van der Waals surface area contributed by atoms with Crippen LogP contribution in [0.2, 0.25) is 0 Å². The van der Waals surface area contributed by atoms with Crippen molar-refractivity contribution in [3.05, 3.63) is 0 Å². The molecule has 0 fully saturated rings. The Morgan fingerprint density at radius 1 is 1.86 bits per heavy atom. The van der Waals surface area contributed by atoms with Crippen LogP contribution in [-0.4, -0.2) is 13.9 Å². The van der Waals surface area contributed by atoms with Gasteiger partial charge in [0.1, 0.15) is 0 Å². The first-order valence-corrected chi connectivity index (χ1v) is 2.76. The third-order valence-corrected chi connectivity index (χ3v) is 0.579. The van der Waals surface area contributed by atoms with Gasteiger partial charge in [0, 0.05) is 0 Å². The molecule has 0 bridgehead atoms. The number of hydrogen-bond acceptors (Lipinski definition) is 2. The molecule has 0 saturated carbocycles. The van der Waals surface area contributed by atoms with Gasteiger partial charge >= 0.3 is 45.9 Å². The second-order valence-electron chi connectivity index (χ2n) is 1.13. The molecular weight excluding hydrogens is 108 g/mol. The molecule has 0 spiro atoms. The Labute approximate surface area is 46.9 Å². The molecule has 0 aromatic rings. The Morgan fingerprint density at radius 2 is 2.57 bits per heavy atom. The zero-order valence-corrected chi connectivity index (χ0v) is 5.58. The van der Waals surface area contributed by atoms with Crippen LogP contribution in [0.5, 0.6) is 0 Å². The van der Waals surface area contributed by atoms with E-state index in [0.717, 1.165) is 13.0 Å². The van der Waals surface area contributed by atoms with Crippen LogP contribution < -0.4 is 0 Å². The van der Waals surface area contributed by atoms with E-state index in [1.807, 2.05) is 0 Å². The molecular formula is C3H9BNOP. The summed E-state index contributed by atoms with van der Waals surface area (Å²) in [4.78, 5) is 0.